The van der Waals surface area contributed by atoms with Crippen molar-refractivity contribution in [2.24, 2.45) is 0 Å². The number of nitro groups is 1. The van der Waals surface area contributed by atoms with Crippen LogP contribution in [-0.4, -0.2) is 15.2 Å². The van der Waals surface area contributed by atoms with Gasteiger partial charge in [0.25, 0.3) is 0 Å². The molecule has 0 amide bonds. The maximum absolute atomic E-state index is 10.6. The van der Waals surface area contributed by atoms with Gasteiger partial charge in [-0.05, 0) is 0 Å². The molecule has 0 unspecified atom stereocenters. The zero-order chi connectivity index (χ0) is 12.1. The zero-order valence-corrected chi connectivity index (χ0v) is 10.4. The number of nitrogens with two attached hydrogens (primary N) is 1. The van der Waals surface area contributed by atoms with E-state index >= 15 is 0 Å². The first kappa shape index (κ1) is 12.7. The largest absolute Gasteiger partial charge is 0.378 e. The Balaban J connectivity index is 3.16. The van der Waals surface area contributed by atoms with E-state index in [0.717, 1.165) is 5.33 Å². The molecule has 2 N–H and O–H groups in total. The molecule has 0 saturated heterocycles. The lowest BCUT2D eigenvalue weighted by Crippen LogP contribution is -2.00. The normalized spacial score (nSPS) is 9.38. The van der Waals surface area contributed by atoms with Gasteiger partial charge in [-0.1, -0.05) is 39.4 Å². The van der Waals surface area contributed by atoms with Crippen LogP contribution in [0.1, 0.15) is 12.0 Å². The average molecular weight is 305 g/mol. The van der Waals surface area contributed by atoms with Gasteiger partial charge >= 0.3 is 5.69 Å². The standard InChI is InChI=1S/C9H7BrClN3O2/c10-4-2-1-3-6-5-7(14(15)16)9(12)13-8(6)11/h5H,2,4H2,(H2,12,13). The Kier molecular flexibility index (Phi) is 4.52. The van der Waals surface area contributed by atoms with Crippen LogP contribution in [0.5, 0.6) is 0 Å². The fraction of sp³-hybridized carbons (Fsp3) is 0.222. The minimum Gasteiger partial charge on any atom is -0.378 e. The number of nitrogens with zero attached hydrogens (tertiary/aromatic N) is 2. The van der Waals surface area contributed by atoms with Crippen LogP contribution in [0.15, 0.2) is 6.07 Å². The van der Waals surface area contributed by atoms with Gasteiger partial charge in [-0.3, -0.25) is 10.1 Å². The molecule has 16 heavy (non-hydrogen) atoms. The van der Waals surface area contributed by atoms with Crippen molar-refractivity contribution in [2.75, 3.05) is 11.1 Å². The smallest absolute Gasteiger partial charge is 0.312 e. The van der Waals surface area contributed by atoms with Crippen LogP contribution >= 0.6 is 27.5 Å². The lowest BCUT2D eigenvalue weighted by atomic mass is 10.2. The molecule has 0 aliphatic rings. The number of pyridine rings is 1. The third-order valence-corrected chi connectivity index (χ3v) is 2.31. The van der Waals surface area contributed by atoms with E-state index in [1.54, 1.807) is 0 Å². The summed E-state index contributed by atoms with van der Waals surface area (Å²) in [5, 5.41) is 11.4. The van der Waals surface area contributed by atoms with Crippen LogP contribution < -0.4 is 5.73 Å². The number of aromatic nitrogens is 1. The molecule has 7 heteroatoms. The summed E-state index contributed by atoms with van der Waals surface area (Å²) in [6.07, 6.45) is 0.620. The van der Waals surface area contributed by atoms with Crippen molar-refractivity contribution in [3.8, 4) is 11.8 Å². The molecular formula is C9H7BrClN3O2. The molecule has 0 aliphatic heterocycles. The summed E-state index contributed by atoms with van der Waals surface area (Å²) in [5.41, 5.74) is 5.38. The molecule has 84 valence electrons. The Morgan fingerprint density at radius 1 is 1.69 bits per heavy atom. The molecule has 0 fully saturated rings. The zero-order valence-electron chi connectivity index (χ0n) is 8.04. The van der Waals surface area contributed by atoms with Crippen molar-refractivity contribution in [3.05, 3.63) is 26.9 Å². The predicted octanol–water partition coefficient (Wildman–Crippen LogP) is 2.36. The van der Waals surface area contributed by atoms with Crippen molar-refractivity contribution in [3.63, 3.8) is 0 Å². The number of nitrogen functional groups attached to an aromatic ring is 1. The highest BCUT2D eigenvalue weighted by molar-refractivity contribution is 9.09. The molecule has 0 saturated carbocycles. The van der Waals surface area contributed by atoms with Gasteiger partial charge in [-0.25, -0.2) is 4.98 Å². The highest BCUT2D eigenvalue weighted by Gasteiger charge is 2.15. The Bertz CT molecular complexity index is 482. The quantitative estimate of drug-likeness (QED) is 0.299. The number of halogens is 2. The van der Waals surface area contributed by atoms with E-state index in [0.29, 0.717) is 12.0 Å². The van der Waals surface area contributed by atoms with Crippen LogP contribution in [0.4, 0.5) is 11.5 Å². The van der Waals surface area contributed by atoms with Crippen molar-refractivity contribution in [1.82, 2.24) is 4.98 Å². The summed E-state index contributed by atoms with van der Waals surface area (Å²) in [7, 11) is 0. The SMILES string of the molecule is Nc1nc(Cl)c(C#CCCBr)cc1[N+](=O)[O-]. The van der Waals surface area contributed by atoms with Gasteiger partial charge in [-0.15, -0.1) is 0 Å². The van der Waals surface area contributed by atoms with E-state index < -0.39 is 4.92 Å². The van der Waals surface area contributed by atoms with Gasteiger partial charge in [0.2, 0.25) is 5.82 Å². The predicted molar refractivity (Wildman–Crippen MR) is 65.6 cm³/mol. The summed E-state index contributed by atoms with van der Waals surface area (Å²) in [4.78, 5) is 13.6. The maximum atomic E-state index is 10.6. The van der Waals surface area contributed by atoms with E-state index in [2.05, 4.69) is 32.8 Å². The van der Waals surface area contributed by atoms with Crippen molar-refractivity contribution in [1.29, 1.82) is 0 Å². The number of alkyl halides is 1. The van der Waals surface area contributed by atoms with Crippen LogP contribution in [0.3, 0.4) is 0 Å². The second-order valence-electron chi connectivity index (χ2n) is 2.73. The molecule has 5 nitrogen and oxygen atoms in total. The molecule has 0 aliphatic carbocycles. The van der Waals surface area contributed by atoms with Crippen LogP contribution in [0, 0.1) is 22.0 Å². The Morgan fingerprint density at radius 2 is 2.38 bits per heavy atom. The lowest BCUT2D eigenvalue weighted by Gasteiger charge is -1.99. The highest BCUT2D eigenvalue weighted by atomic mass is 79.9. The van der Waals surface area contributed by atoms with Crippen LogP contribution in [0.25, 0.3) is 0 Å². The lowest BCUT2D eigenvalue weighted by molar-refractivity contribution is -0.384. The molecule has 1 rings (SSSR count). The molecule has 1 heterocycles. The summed E-state index contributed by atoms with van der Waals surface area (Å²) in [6.45, 7) is 0. The van der Waals surface area contributed by atoms with Gasteiger partial charge in [0.1, 0.15) is 5.15 Å². The van der Waals surface area contributed by atoms with Gasteiger partial charge in [0, 0.05) is 17.8 Å². The van der Waals surface area contributed by atoms with E-state index in [1.165, 1.54) is 6.07 Å². The van der Waals surface area contributed by atoms with Crippen molar-refractivity contribution >= 4 is 39.0 Å². The number of hydrogen-bond donors (Lipinski definition) is 1. The van der Waals surface area contributed by atoms with E-state index in [9.17, 15) is 10.1 Å². The fourth-order valence-electron chi connectivity index (χ4n) is 0.932. The Labute approximate surface area is 105 Å². The van der Waals surface area contributed by atoms with E-state index in [-0.39, 0.29) is 16.7 Å². The summed E-state index contributed by atoms with van der Waals surface area (Å²) in [5.74, 6) is 5.29. The molecule has 0 aromatic carbocycles. The average Bonchev–Trinajstić information content (AvgIpc) is 2.21. The van der Waals surface area contributed by atoms with Gasteiger partial charge < -0.3 is 5.73 Å². The third kappa shape index (κ3) is 3.08. The minimum atomic E-state index is -0.617. The topological polar surface area (TPSA) is 82.0 Å². The first-order valence-electron chi connectivity index (χ1n) is 4.21. The first-order chi connectivity index (χ1) is 7.56. The summed E-state index contributed by atoms with van der Waals surface area (Å²) >= 11 is 8.97. The molecule has 0 bridgehead atoms. The fourth-order valence-corrected chi connectivity index (χ4v) is 1.32. The van der Waals surface area contributed by atoms with E-state index in [4.69, 9.17) is 17.3 Å². The third-order valence-electron chi connectivity index (χ3n) is 1.62. The maximum Gasteiger partial charge on any atom is 0.312 e. The minimum absolute atomic E-state index is 0.0742. The number of anilines is 1. The van der Waals surface area contributed by atoms with Crippen molar-refractivity contribution < 1.29 is 4.92 Å². The van der Waals surface area contributed by atoms with Crippen LogP contribution in [-0.2, 0) is 0 Å². The Morgan fingerprint density at radius 3 is 2.94 bits per heavy atom. The number of rotatable bonds is 2. The summed E-state index contributed by atoms with van der Waals surface area (Å²) < 4.78 is 0. The molecular weight excluding hydrogens is 297 g/mol. The molecule has 0 atom stereocenters. The van der Waals surface area contributed by atoms with Gasteiger partial charge in [0.05, 0.1) is 10.5 Å². The van der Waals surface area contributed by atoms with Gasteiger partial charge in [0.15, 0.2) is 0 Å². The van der Waals surface area contributed by atoms with Crippen LogP contribution in [0.2, 0.25) is 5.15 Å². The molecule has 1 aromatic heterocycles. The second-order valence-corrected chi connectivity index (χ2v) is 3.88. The van der Waals surface area contributed by atoms with E-state index in [1.807, 2.05) is 0 Å². The molecule has 0 radical (unpaired) electrons. The van der Waals surface area contributed by atoms with Gasteiger partial charge in [-0.2, -0.15) is 0 Å². The molecule has 1 aromatic rings. The highest BCUT2D eigenvalue weighted by Crippen LogP contribution is 2.24. The summed E-state index contributed by atoms with van der Waals surface area (Å²) in [6, 6.07) is 1.23. The monoisotopic (exact) mass is 303 g/mol. The number of hydrogen-bond acceptors (Lipinski definition) is 4. The first-order valence-corrected chi connectivity index (χ1v) is 5.71. The van der Waals surface area contributed by atoms with Crippen molar-refractivity contribution in [2.45, 2.75) is 6.42 Å². The Hall–Kier alpha value is -1.32. The second kappa shape index (κ2) is 5.68. The molecule has 0 spiro atoms.